The predicted octanol–water partition coefficient (Wildman–Crippen LogP) is 3.43. The highest BCUT2D eigenvalue weighted by Gasteiger charge is 2.29. The molecule has 1 N–H and O–H groups in total. The summed E-state index contributed by atoms with van der Waals surface area (Å²) in [6.07, 6.45) is 2.02. The Kier molecular flexibility index (Phi) is 3.41. The van der Waals surface area contributed by atoms with E-state index in [2.05, 4.69) is 10.3 Å². The predicted molar refractivity (Wildman–Crippen MR) is 80.3 cm³/mol. The number of anilines is 1. The number of carbonyl (C=O) groups is 2. The van der Waals surface area contributed by atoms with Gasteiger partial charge in [0, 0.05) is 23.3 Å². The van der Waals surface area contributed by atoms with Gasteiger partial charge in [0.15, 0.2) is 16.7 Å². The van der Waals surface area contributed by atoms with Gasteiger partial charge in [0.25, 0.3) is 5.91 Å². The van der Waals surface area contributed by atoms with Gasteiger partial charge in [0.1, 0.15) is 5.76 Å². The van der Waals surface area contributed by atoms with Crippen molar-refractivity contribution < 1.29 is 14.0 Å². The maximum Gasteiger partial charge on any atom is 0.293 e. The molecular formula is C15H16N2O3S. The zero-order chi connectivity index (χ0) is 15.1. The molecule has 0 aromatic carbocycles. The minimum Gasteiger partial charge on any atom is -0.455 e. The van der Waals surface area contributed by atoms with Gasteiger partial charge in [-0.1, -0.05) is 0 Å². The Morgan fingerprint density at radius 1 is 1.29 bits per heavy atom. The quantitative estimate of drug-likeness (QED) is 0.922. The molecule has 0 atom stereocenters. The molecule has 21 heavy (non-hydrogen) atoms. The highest BCUT2D eigenvalue weighted by atomic mass is 32.1. The minimum absolute atomic E-state index is 0.0671. The summed E-state index contributed by atoms with van der Waals surface area (Å²) >= 11 is 1.43. The van der Waals surface area contributed by atoms with Gasteiger partial charge in [-0.3, -0.25) is 14.9 Å². The highest BCUT2D eigenvalue weighted by Crippen LogP contribution is 2.30. The lowest BCUT2D eigenvalue weighted by atomic mass is 9.94. The summed E-state index contributed by atoms with van der Waals surface area (Å²) in [7, 11) is 0. The third-order valence-corrected chi connectivity index (χ3v) is 4.75. The van der Waals surface area contributed by atoms with Crippen molar-refractivity contribution in [1.29, 1.82) is 0 Å². The summed E-state index contributed by atoms with van der Waals surface area (Å²) < 4.78 is 5.62. The molecule has 1 amide bonds. The summed E-state index contributed by atoms with van der Waals surface area (Å²) in [6, 6.07) is 0. The Morgan fingerprint density at radius 3 is 2.67 bits per heavy atom. The van der Waals surface area contributed by atoms with Crippen molar-refractivity contribution in [2.45, 2.75) is 40.0 Å². The molecule has 0 saturated carbocycles. The van der Waals surface area contributed by atoms with Gasteiger partial charge in [-0.15, -0.1) is 11.3 Å². The third-order valence-electron chi connectivity index (χ3n) is 3.76. The van der Waals surface area contributed by atoms with Gasteiger partial charge < -0.3 is 4.42 Å². The average molecular weight is 304 g/mol. The third kappa shape index (κ3) is 2.40. The van der Waals surface area contributed by atoms with Crippen molar-refractivity contribution in [3.8, 4) is 0 Å². The van der Waals surface area contributed by atoms with E-state index in [1.54, 1.807) is 6.92 Å². The maximum absolute atomic E-state index is 12.3. The topological polar surface area (TPSA) is 72.2 Å². The molecule has 0 saturated heterocycles. The molecule has 1 aliphatic rings. The number of fused-ring (bicyclic) bond motifs is 1. The van der Waals surface area contributed by atoms with E-state index in [9.17, 15) is 9.59 Å². The number of hydrogen-bond acceptors (Lipinski definition) is 5. The summed E-state index contributed by atoms with van der Waals surface area (Å²) in [5.41, 5.74) is 2.14. The van der Waals surface area contributed by atoms with Crippen LogP contribution in [-0.4, -0.2) is 16.7 Å². The monoisotopic (exact) mass is 304 g/mol. The largest absolute Gasteiger partial charge is 0.455 e. The van der Waals surface area contributed by atoms with Gasteiger partial charge in [0.2, 0.25) is 0 Å². The van der Waals surface area contributed by atoms with Crippen LogP contribution in [0.5, 0.6) is 0 Å². The first kappa shape index (κ1) is 14.0. The van der Waals surface area contributed by atoms with Crippen molar-refractivity contribution >= 4 is 28.2 Å². The molecule has 110 valence electrons. The van der Waals surface area contributed by atoms with E-state index in [1.165, 1.54) is 11.3 Å². The lowest BCUT2D eigenvalue weighted by Crippen LogP contribution is -2.13. The van der Waals surface area contributed by atoms with E-state index in [-0.39, 0.29) is 17.5 Å². The number of amides is 1. The first-order valence-electron chi connectivity index (χ1n) is 6.88. The molecule has 5 nitrogen and oxygen atoms in total. The normalized spacial score (nSPS) is 14.1. The molecule has 6 heteroatoms. The molecule has 0 bridgehead atoms. The Labute approximate surface area is 126 Å². The molecule has 0 fully saturated rings. The maximum atomic E-state index is 12.3. The minimum atomic E-state index is -0.344. The lowest BCUT2D eigenvalue weighted by molar-refractivity contribution is 0.0963. The van der Waals surface area contributed by atoms with Crippen molar-refractivity contribution in [1.82, 2.24) is 4.98 Å². The first-order valence-corrected chi connectivity index (χ1v) is 7.70. The van der Waals surface area contributed by atoms with Crippen LogP contribution >= 0.6 is 11.3 Å². The summed E-state index contributed by atoms with van der Waals surface area (Å²) in [6.45, 7) is 5.62. The Balaban J connectivity index is 1.90. The molecular weight excluding hydrogens is 288 g/mol. The van der Waals surface area contributed by atoms with Crippen LogP contribution in [0.3, 0.4) is 0 Å². The summed E-state index contributed by atoms with van der Waals surface area (Å²) in [5.74, 6) is 0.585. The fraction of sp³-hybridized carbons (Fsp3) is 0.400. The number of thiazole rings is 1. The number of nitrogens with zero attached hydrogens (tertiary/aromatic N) is 1. The number of hydrogen-bond donors (Lipinski definition) is 1. The highest BCUT2D eigenvalue weighted by molar-refractivity contribution is 7.15. The summed E-state index contributed by atoms with van der Waals surface area (Å²) in [4.78, 5) is 29.6. The Morgan fingerprint density at radius 2 is 2.05 bits per heavy atom. The zero-order valence-electron chi connectivity index (χ0n) is 12.2. The van der Waals surface area contributed by atoms with Gasteiger partial charge in [0.05, 0.1) is 11.3 Å². The number of aryl methyl sites for hydroxylation is 3. The van der Waals surface area contributed by atoms with E-state index in [1.807, 2.05) is 13.8 Å². The number of Topliss-reactive ketones (excluding diaryl/α,β-unsaturated/α-hetero) is 1. The van der Waals surface area contributed by atoms with E-state index in [4.69, 9.17) is 4.42 Å². The van der Waals surface area contributed by atoms with E-state index >= 15 is 0 Å². The number of aromatic nitrogens is 1. The molecule has 2 aromatic heterocycles. The van der Waals surface area contributed by atoms with E-state index in [0.717, 1.165) is 17.0 Å². The van der Waals surface area contributed by atoms with Crippen LogP contribution in [-0.2, 0) is 6.42 Å². The fourth-order valence-electron chi connectivity index (χ4n) is 2.55. The molecule has 0 radical (unpaired) electrons. The second-order valence-corrected chi connectivity index (χ2v) is 6.45. The SMILES string of the molecule is Cc1nc(NC(=O)c2oc3c(c2C)C(=O)CCC3)sc1C. The van der Waals surface area contributed by atoms with E-state index in [0.29, 0.717) is 34.9 Å². The molecule has 0 spiro atoms. The van der Waals surface area contributed by atoms with Crippen LogP contribution in [0.25, 0.3) is 0 Å². The van der Waals surface area contributed by atoms with Gasteiger partial charge in [-0.05, 0) is 27.2 Å². The molecule has 0 unspecified atom stereocenters. The van der Waals surface area contributed by atoms with E-state index < -0.39 is 0 Å². The second-order valence-electron chi connectivity index (χ2n) is 5.25. The number of furan rings is 1. The van der Waals surface area contributed by atoms with Gasteiger partial charge >= 0.3 is 0 Å². The number of carbonyl (C=O) groups excluding carboxylic acids is 2. The molecule has 3 rings (SSSR count). The second kappa shape index (κ2) is 5.11. The van der Waals surface area contributed by atoms with Gasteiger partial charge in [-0.25, -0.2) is 4.98 Å². The number of nitrogens with one attached hydrogen (secondary N) is 1. The molecule has 2 aromatic rings. The first-order chi connectivity index (χ1) is 9.97. The van der Waals surface area contributed by atoms with Crippen LogP contribution in [0.15, 0.2) is 4.42 Å². The Bertz CT molecular complexity index is 723. The number of rotatable bonds is 2. The standard InChI is InChI=1S/C15H16N2O3S/c1-7-12-10(18)5-4-6-11(12)20-13(7)14(19)17-15-16-8(2)9(3)21-15/h4-6H2,1-3H3,(H,16,17,19). The smallest absolute Gasteiger partial charge is 0.293 e. The van der Waals surface area contributed by atoms with Crippen molar-refractivity contribution in [3.63, 3.8) is 0 Å². The van der Waals surface area contributed by atoms with Crippen LogP contribution in [0, 0.1) is 20.8 Å². The lowest BCUT2D eigenvalue weighted by Gasteiger charge is -2.07. The van der Waals surface area contributed by atoms with Crippen LogP contribution < -0.4 is 5.32 Å². The zero-order valence-corrected chi connectivity index (χ0v) is 13.0. The van der Waals surface area contributed by atoms with Crippen LogP contribution in [0.4, 0.5) is 5.13 Å². The molecule has 1 aliphatic carbocycles. The average Bonchev–Trinajstić information content (AvgIpc) is 2.92. The number of ketones is 1. The fourth-order valence-corrected chi connectivity index (χ4v) is 3.36. The molecule has 0 aliphatic heterocycles. The molecule has 2 heterocycles. The van der Waals surface area contributed by atoms with Crippen molar-refractivity contribution in [2.75, 3.05) is 5.32 Å². The van der Waals surface area contributed by atoms with Crippen LogP contribution in [0.1, 0.15) is 55.6 Å². The van der Waals surface area contributed by atoms with Crippen molar-refractivity contribution in [2.24, 2.45) is 0 Å². The van der Waals surface area contributed by atoms with Gasteiger partial charge in [-0.2, -0.15) is 0 Å². The Hall–Kier alpha value is -1.95. The summed E-state index contributed by atoms with van der Waals surface area (Å²) in [5, 5.41) is 3.30. The van der Waals surface area contributed by atoms with Crippen LogP contribution in [0.2, 0.25) is 0 Å². The van der Waals surface area contributed by atoms with Crippen molar-refractivity contribution in [3.05, 3.63) is 33.2 Å².